The highest BCUT2D eigenvalue weighted by Gasteiger charge is 2.41. The van der Waals surface area contributed by atoms with E-state index < -0.39 is 0 Å². The van der Waals surface area contributed by atoms with Crippen LogP contribution in [0.15, 0.2) is 48.5 Å². The summed E-state index contributed by atoms with van der Waals surface area (Å²) in [6.07, 6.45) is 3.25. The van der Waals surface area contributed by atoms with Crippen LogP contribution in [0.3, 0.4) is 0 Å². The van der Waals surface area contributed by atoms with Crippen LogP contribution in [0, 0.1) is 6.92 Å². The molecule has 146 valence electrons. The van der Waals surface area contributed by atoms with Gasteiger partial charge >= 0.3 is 0 Å². The SMILES string of the molecule is Cc1ccc([C@@]2(CCN[C@H](C)c3ccc(Cl)cc3)CCOC(C)(C)C2)cc1. The maximum atomic E-state index is 6.04. The van der Waals surface area contributed by atoms with Gasteiger partial charge in [0.2, 0.25) is 0 Å². The van der Waals surface area contributed by atoms with E-state index >= 15 is 0 Å². The Labute approximate surface area is 169 Å². The number of hydrogen-bond acceptors (Lipinski definition) is 2. The largest absolute Gasteiger partial charge is 0.376 e. The fourth-order valence-corrected chi connectivity index (χ4v) is 4.51. The molecule has 27 heavy (non-hydrogen) atoms. The van der Waals surface area contributed by atoms with Gasteiger partial charge in [-0.2, -0.15) is 0 Å². The Balaban J connectivity index is 1.72. The molecule has 3 rings (SSSR count). The molecule has 0 spiro atoms. The molecular formula is C24H32ClNO. The minimum absolute atomic E-state index is 0.0784. The molecule has 2 nitrogen and oxygen atoms in total. The van der Waals surface area contributed by atoms with Crippen molar-refractivity contribution < 1.29 is 4.74 Å². The zero-order valence-electron chi connectivity index (χ0n) is 17.0. The van der Waals surface area contributed by atoms with E-state index in [1.165, 1.54) is 16.7 Å². The quantitative estimate of drug-likeness (QED) is 0.637. The number of aryl methyl sites for hydroxylation is 1. The standard InChI is InChI=1S/C24H32ClNO/c1-18-5-9-21(10-6-18)24(14-16-27-23(3,4)17-24)13-15-26-19(2)20-7-11-22(25)12-8-20/h5-12,19,26H,13-17H2,1-4H3/t19-,24+/m1/s1. The summed E-state index contributed by atoms with van der Waals surface area (Å²) in [6.45, 7) is 10.6. The lowest BCUT2D eigenvalue weighted by Crippen LogP contribution is -2.45. The van der Waals surface area contributed by atoms with Gasteiger partial charge in [0.25, 0.3) is 0 Å². The minimum atomic E-state index is -0.0784. The molecule has 1 heterocycles. The zero-order chi connectivity index (χ0) is 19.5. The maximum Gasteiger partial charge on any atom is 0.0635 e. The van der Waals surface area contributed by atoms with E-state index in [9.17, 15) is 0 Å². The van der Waals surface area contributed by atoms with Crippen LogP contribution in [0.4, 0.5) is 0 Å². The van der Waals surface area contributed by atoms with Crippen LogP contribution in [-0.2, 0) is 10.2 Å². The number of halogens is 1. The van der Waals surface area contributed by atoms with Gasteiger partial charge in [-0.25, -0.2) is 0 Å². The number of benzene rings is 2. The molecule has 1 fully saturated rings. The number of rotatable bonds is 6. The fraction of sp³-hybridized carbons (Fsp3) is 0.500. The van der Waals surface area contributed by atoms with Crippen molar-refractivity contribution in [3.63, 3.8) is 0 Å². The van der Waals surface area contributed by atoms with Gasteiger partial charge in [-0.3, -0.25) is 0 Å². The van der Waals surface area contributed by atoms with Gasteiger partial charge in [0.1, 0.15) is 0 Å². The van der Waals surface area contributed by atoms with Crippen LogP contribution in [0.2, 0.25) is 5.02 Å². The van der Waals surface area contributed by atoms with Crippen molar-refractivity contribution >= 4 is 11.6 Å². The normalized spacial score (nSPS) is 23.1. The molecule has 3 heteroatoms. The lowest BCUT2D eigenvalue weighted by molar-refractivity contribution is -0.0840. The van der Waals surface area contributed by atoms with E-state index in [-0.39, 0.29) is 11.0 Å². The van der Waals surface area contributed by atoms with E-state index in [0.717, 1.165) is 37.4 Å². The molecule has 0 unspecified atom stereocenters. The predicted octanol–water partition coefficient (Wildman–Crippen LogP) is 6.22. The lowest BCUT2D eigenvalue weighted by atomic mass is 9.67. The van der Waals surface area contributed by atoms with Gasteiger partial charge in [-0.15, -0.1) is 0 Å². The average molecular weight is 386 g/mol. The molecule has 0 aliphatic carbocycles. The summed E-state index contributed by atoms with van der Waals surface area (Å²) in [5, 5.41) is 4.50. The van der Waals surface area contributed by atoms with Crippen LogP contribution >= 0.6 is 11.6 Å². The fourth-order valence-electron chi connectivity index (χ4n) is 4.39. The first-order chi connectivity index (χ1) is 12.8. The van der Waals surface area contributed by atoms with Gasteiger partial charge < -0.3 is 10.1 Å². The highest BCUT2D eigenvalue weighted by molar-refractivity contribution is 6.30. The Morgan fingerprint density at radius 1 is 1.07 bits per heavy atom. The topological polar surface area (TPSA) is 21.3 Å². The van der Waals surface area contributed by atoms with Crippen molar-refractivity contribution in [2.24, 2.45) is 0 Å². The van der Waals surface area contributed by atoms with Crippen LogP contribution in [0.5, 0.6) is 0 Å². The Kier molecular flexibility index (Phi) is 6.30. The second-order valence-electron chi connectivity index (χ2n) is 8.66. The molecule has 1 saturated heterocycles. The van der Waals surface area contributed by atoms with E-state index in [0.29, 0.717) is 6.04 Å². The monoisotopic (exact) mass is 385 g/mol. The first-order valence-corrected chi connectivity index (χ1v) is 10.4. The van der Waals surface area contributed by atoms with Gasteiger partial charge in [0.15, 0.2) is 0 Å². The van der Waals surface area contributed by atoms with Crippen molar-refractivity contribution in [3.05, 3.63) is 70.2 Å². The van der Waals surface area contributed by atoms with E-state index in [1.54, 1.807) is 0 Å². The van der Waals surface area contributed by atoms with Crippen molar-refractivity contribution in [2.75, 3.05) is 13.2 Å². The molecule has 2 atom stereocenters. The number of hydrogen-bond donors (Lipinski definition) is 1. The van der Waals surface area contributed by atoms with Crippen LogP contribution < -0.4 is 5.32 Å². The van der Waals surface area contributed by atoms with Crippen molar-refractivity contribution in [1.82, 2.24) is 5.32 Å². The molecule has 0 aromatic heterocycles. The molecule has 0 bridgehead atoms. The minimum Gasteiger partial charge on any atom is -0.376 e. The van der Waals surface area contributed by atoms with Crippen molar-refractivity contribution in [3.8, 4) is 0 Å². The second kappa shape index (κ2) is 8.34. The summed E-state index contributed by atoms with van der Waals surface area (Å²) in [5.74, 6) is 0. The second-order valence-corrected chi connectivity index (χ2v) is 9.10. The summed E-state index contributed by atoms with van der Waals surface area (Å²) in [5.41, 5.74) is 4.13. The summed E-state index contributed by atoms with van der Waals surface area (Å²) >= 11 is 6.01. The molecule has 2 aromatic carbocycles. The van der Waals surface area contributed by atoms with Gasteiger partial charge in [0, 0.05) is 23.1 Å². The maximum absolute atomic E-state index is 6.04. The lowest BCUT2D eigenvalue weighted by Gasteiger charge is -2.46. The van der Waals surface area contributed by atoms with Crippen LogP contribution in [0.25, 0.3) is 0 Å². The van der Waals surface area contributed by atoms with Crippen LogP contribution in [0.1, 0.15) is 62.8 Å². The van der Waals surface area contributed by atoms with Gasteiger partial charge in [-0.05, 0) is 76.8 Å². The Bertz CT molecular complexity index is 738. The third-order valence-electron chi connectivity index (χ3n) is 5.93. The molecule has 2 aromatic rings. The molecule has 0 radical (unpaired) electrons. The number of nitrogens with one attached hydrogen (secondary N) is 1. The van der Waals surface area contributed by atoms with Gasteiger partial charge in [-0.1, -0.05) is 53.6 Å². The van der Waals surface area contributed by atoms with E-state index in [4.69, 9.17) is 16.3 Å². The highest BCUT2D eigenvalue weighted by Crippen LogP contribution is 2.44. The molecule has 1 aliphatic rings. The Morgan fingerprint density at radius 3 is 2.37 bits per heavy atom. The first kappa shape index (κ1) is 20.4. The predicted molar refractivity (Wildman–Crippen MR) is 115 cm³/mol. The third-order valence-corrected chi connectivity index (χ3v) is 6.18. The van der Waals surface area contributed by atoms with Gasteiger partial charge in [0.05, 0.1) is 5.60 Å². The Morgan fingerprint density at radius 2 is 1.74 bits per heavy atom. The molecular weight excluding hydrogens is 354 g/mol. The summed E-state index contributed by atoms with van der Waals surface area (Å²) in [4.78, 5) is 0. The van der Waals surface area contributed by atoms with E-state index in [2.05, 4.69) is 69.4 Å². The van der Waals surface area contributed by atoms with Crippen molar-refractivity contribution in [2.45, 2.75) is 64.0 Å². The van der Waals surface area contributed by atoms with E-state index in [1.807, 2.05) is 12.1 Å². The summed E-state index contributed by atoms with van der Waals surface area (Å²) in [7, 11) is 0. The Hall–Kier alpha value is -1.35. The smallest absolute Gasteiger partial charge is 0.0635 e. The first-order valence-electron chi connectivity index (χ1n) is 10.00. The molecule has 0 amide bonds. The third kappa shape index (κ3) is 5.13. The summed E-state index contributed by atoms with van der Waals surface area (Å²) in [6, 6.07) is 17.6. The number of ether oxygens (including phenoxy) is 1. The van der Waals surface area contributed by atoms with Crippen LogP contribution in [-0.4, -0.2) is 18.8 Å². The highest BCUT2D eigenvalue weighted by atomic mass is 35.5. The zero-order valence-corrected chi connectivity index (χ0v) is 17.8. The molecule has 1 N–H and O–H groups in total. The van der Waals surface area contributed by atoms with Crippen molar-refractivity contribution in [1.29, 1.82) is 0 Å². The molecule has 1 aliphatic heterocycles. The summed E-state index contributed by atoms with van der Waals surface area (Å²) < 4.78 is 6.04. The molecule has 0 saturated carbocycles. The average Bonchev–Trinajstić information content (AvgIpc) is 2.62.